The number of carbonyl (C=O) groups excluding carboxylic acids is 2. The Labute approximate surface area is 117 Å². The molecule has 1 heterocycles. The van der Waals surface area contributed by atoms with Gasteiger partial charge in [-0.2, -0.15) is 4.98 Å². The Morgan fingerprint density at radius 2 is 2.10 bits per heavy atom. The van der Waals surface area contributed by atoms with E-state index in [0.29, 0.717) is 19.6 Å². The van der Waals surface area contributed by atoms with Crippen molar-refractivity contribution in [3.63, 3.8) is 0 Å². The molecule has 8 nitrogen and oxygen atoms in total. The summed E-state index contributed by atoms with van der Waals surface area (Å²) in [6.45, 7) is 4.44. The molecule has 0 atom stereocenters. The molecule has 1 rings (SSSR count). The lowest BCUT2D eigenvalue weighted by atomic mass is 10.2. The van der Waals surface area contributed by atoms with Gasteiger partial charge in [0.25, 0.3) is 0 Å². The molecule has 0 radical (unpaired) electrons. The molecule has 0 aliphatic carbocycles. The van der Waals surface area contributed by atoms with E-state index in [-0.39, 0.29) is 23.8 Å². The van der Waals surface area contributed by atoms with Gasteiger partial charge in [-0.25, -0.2) is 5.10 Å². The maximum absolute atomic E-state index is 11.6. The maximum Gasteiger partial charge on any atom is 0.337 e. The molecule has 3 N–H and O–H groups in total. The Hall–Kier alpha value is -2.12. The number of aromatic amines is 1. The van der Waals surface area contributed by atoms with E-state index < -0.39 is 0 Å². The van der Waals surface area contributed by atoms with Crippen LogP contribution in [0.5, 0.6) is 6.01 Å². The predicted molar refractivity (Wildman–Crippen MR) is 73.3 cm³/mol. The molecule has 0 aliphatic rings. The number of unbranched alkanes of at least 4 members (excludes halogenated alkanes) is 2. The molecule has 2 amide bonds. The smallest absolute Gasteiger partial charge is 0.337 e. The largest absolute Gasteiger partial charge is 0.463 e. The number of amides is 2. The van der Waals surface area contributed by atoms with Crippen LogP contribution in [0, 0.1) is 0 Å². The van der Waals surface area contributed by atoms with Gasteiger partial charge >= 0.3 is 6.01 Å². The van der Waals surface area contributed by atoms with E-state index in [1.54, 1.807) is 0 Å². The number of rotatable bonds is 9. The van der Waals surface area contributed by atoms with Gasteiger partial charge in [0, 0.05) is 19.9 Å². The molecule has 0 unspecified atom stereocenters. The SMILES string of the molecule is CCOc1n[nH]c(NC(=O)CCCCCNC(C)=O)n1. The Balaban J connectivity index is 2.11. The molecule has 0 saturated heterocycles. The molecular weight excluding hydrogens is 262 g/mol. The Bertz CT molecular complexity index is 432. The summed E-state index contributed by atoms with van der Waals surface area (Å²) in [5, 5.41) is 11.7. The molecule has 1 aromatic heterocycles. The average Bonchev–Trinajstić information content (AvgIpc) is 2.81. The van der Waals surface area contributed by atoms with Crippen molar-refractivity contribution in [3.8, 4) is 6.01 Å². The van der Waals surface area contributed by atoms with Gasteiger partial charge in [0.1, 0.15) is 0 Å². The van der Waals surface area contributed by atoms with Crippen LogP contribution in [-0.2, 0) is 9.59 Å². The quantitative estimate of drug-likeness (QED) is 0.582. The summed E-state index contributed by atoms with van der Waals surface area (Å²) in [5.41, 5.74) is 0. The summed E-state index contributed by atoms with van der Waals surface area (Å²) < 4.78 is 5.07. The van der Waals surface area contributed by atoms with Crippen LogP contribution in [0.1, 0.15) is 39.5 Å². The summed E-state index contributed by atoms with van der Waals surface area (Å²) in [6.07, 6.45) is 2.92. The minimum absolute atomic E-state index is 0.0295. The molecule has 0 saturated carbocycles. The van der Waals surface area contributed by atoms with Crippen molar-refractivity contribution < 1.29 is 14.3 Å². The van der Waals surface area contributed by atoms with Gasteiger partial charge in [0.2, 0.25) is 17.8 Å². The highest BCUT2D eigenvalue weighted by Gasteiger charge is 2.07. The number of aromatic nitrogens is 3. The van der Waals surface area contributed by atoms with E-state index in [9.17, 15) is 9.59 Å². The van der Waals surface area contributed by atoms with Gasteiger partial charge in [-0.1, -0.05) is 6.42 Å². The van der Waals surface area contributed by atoms with Crippen molar-refractivity contribution >= 4 is 17.8 Å². The molecule has 1 aromatic rings. The predicted octanol–water partition coefficient (Wildman–Crippen LogP) is 0.838. The van der Waals surface area contributed by atoms with Crippen LogP contribution in [0.15, 0.2) is 0 Å². The highest BCUT2D eigenvalue weighted by Crippen LogP contribution is 2.07. The van der Waals surface area contributed by atoms with Gasteiger partial charge in [0.05, 0.1) is 6.61 Å². The van der Waals surface area contributed by atoms with E-state index in [1.165, 1.54) is 6.92 Å². The van der Waals surface area contributed by atoms with Crippen molar-refractivity contribution in [1.82, 2.24) is 20.5 Å². The van der Waals surface area contributed by atoms with Crippen LogP contribution >= 0.6 is 0 Å². The third kappa shape index (κ3) is 6.72. The molecule has 0 aromatic carbocycles. The summed E-state index contributed by atoms with van der Waals surface area (Å²) in [6, 6.07) is 0.220. The third-order valence-corrected chi connectivity index (χ3v) is 2.45. The lowest BCUT2D eigenvalue weighted by molar-refractivity contribution is -0.119. The fourth-order valence-electron chi connectivity index (χ4n) is 1.54. The van der Waals surface area contributed by atoms with Crippen molar-refractivity contribution in [3.05, 3.63) is 0 Å². The Morgan fingerprint density at radius 1 is 1.30 bits per heavy atom. The monoisotopic (exact) mass is 283 g/mol. The molecule has 0 aliphatic heterocycles. The zero-order chi connectivity index (χ0) is 14.8. The summed E-state index contributed by atoms with van der Waals surface area (Å²) in [4.78, 5) is 26.2. The number of ether oxygens (including phenoxy) is 1. The van der Waals surface area contributed by atoms with Crippen LogP contribution in [0.25, 0.3) is 0 Å². The number of hydrogen-bond acceptors (Lipinski definition) is 5. The number of hydrogen-bond donors (Lipinski definition) is 3. The third-order valence-electron chi connectivity index (χ3n) is 2.45. The van der Waals surface area contributed by atoms with Gasteiger partial charge in [-0.05, 0) is 19.8 Å². The van der Waals surface area contributed by atoms with Crippen molar-refractivity contribution in [2.45, 2.75) is 39.5 Å². The highest BCUT2D eigenvalue weighted by atomic mass is 16.5. The van der Waals surface area contributed by atoms with E-state index in [4.69, 9.17) is 4.74 Å². The molecule has 0 fully saturated rings. The standard InChI is InChI=1S/C12H21N5O3/c1-3-20-12-15-11(16-17-12)14-10(19)7-5-4-6-8-13-9(2)18/h3-8H2,1-2H3,(H,13,18)(H2,14,15,16,17,19). The van der Waals surface area contributed by atoms with Crippen LogP contribution in [0.4, 0.5) is 5.95 Å². The molecule has 0 spiro atoms. The van der Waals surface area contributed by atoms with Crippen LogP contribution in [0.3, 0.4) is 0 Å². The van der Waals surface area contributed by atoms with Gasteiger partial charge < -0.3 is 10.1 Å². The summed E-state index contributed by atoms with van der Waals surface area (Å²) in [7, 11) is 0. The Kier molecular flexibility index (Phi) is 7.08. The zero-order valence-corrected chi connectivity index (χ0v) is 11.9. The minimum atomic E-state index is -0.122. The molecule has 112 valence electrons. The van der Waals surface area contributed by atoms with Crippen molar-refractivity contribution in [2.75, 3.05) is 18.5 Å². The van der Waals surface area contributed by atoms with E-state index >= 15 is 0 Å². The minimum Gasteiger partial charge on any atom is -0.463 e. The second-order valence-electron chi connectivity index (χ2n) is 4.24. The van der Waals surface area contributed by atoms with E-state index in [1.807, 2.05) is 6.92 Å². The number of nitrogens with one attached hydrogen (secondary N) is 3. The van der Waals surface area contributed by atoms with E-state index in [0.717, 1.165) is 19.3 Å². The first-order chi connectivity index (χ1) is 9.61. The number of anilines is 1. The second-order valence-corrected chi connectivity index (χ2v) is 4.24. The van der Waals surface area contributed by atoms with Crippen LogP contribution < -0.4 is 15.4 Å². The first-order valence-electron chi connectivity index (χ1n) is 6.71. The fourth-order valence-corrected chi connectivity index (χ4v) is 1.54. The normalized spacial score (nSPS) is 10.1. The number of carbonyl (C=O) groups is 2. The molecular formula is C12H21N5O3. The zero-order valence-electron chi connectivity index (χ0n) is 11.9. The van der Waals surface area contributed by atoms with Gasteiger partial charge in [-0.15, -0.1) is 5.10 Å². The second kappa shape index (κ2) is 8.89. The first-order valence-corrected chi connectivity index (χ1v) is 6.71. The van der Waals surface area contributed by atoms with Gasteiger partial charge in [0.15, 0.2) is 0 Å². The van der Waals surface area contributed by atoms with Crippen molar-refractivity contribution in [2.24, 2.45) is 0 Å². The van der Waals surface area contributed by atoms with Crippen LogP contribution in [-0.4, -0.2) is 40.1 Å². The summed E-state index contributed by atoms with van der Waals surface area (Å²) in [5.74, 6) is 0.138. The number of H-pyrrole nitrogens is 1. The number of nitrogens with zero attached hydrogens (tertiary/aromatic N) is 2. The lowest BCUT2D eigenvalue weighted by Crippen LogP contribution is -2.20. The van der Waals surface area contributed by atoms with Crippen molar-refractivity contribution in [1.29, 1.82) is 0 Å². The average molecular weight is 283 g/mol. The summed E-state index contributed by atoms with van der Waals surface area (Å²) >= 11 is 0. The maximum atomic E-state index is 11.6. The highest BCUT2D eigenvalue weighted by molar-refractivity contribution is 5.88. The molecule has 8 heteroatoms. The van der Waals surface area contributed by atoms with Gasteiger partial charge in [-0.3, -0.25) is 14.9 Å². The van der Waals surface area contributed by atoms with E-state index in [2.05, 4.69) is 25.8 Å². The molecule has 0 bridgehead atoms. The topological polar surface area (TPSA) is 109 Å². The fraction of sp³-hybridized carbons (Fsp3) is 0.667. The Morgan fingerprint density at radius 3 is 2.80 bits per heavy atom. The van der Waals surface area contributed by atoms with Crippen LogP contribution in [0.2, 0.25) is 0 Å². The molecule has 20 heavy (non-hydrogen) atoms. The first kappa shape index (κ1) is 15.9. The lowest BCUT2D eigenvalue weighted by Gasteiger charge is -2.02.